The lowest BCUT2D eigenvalue weighted by Crippen LogP contribution is -2.38. The van der Waals surface area contributed by atoms with Crippen LogP contribution in [0.5, 0.6) is 11.5 Å². The summed E-state index contributed by atoms with van der Waals surface area (Å²) in [4.78, 5) is 18.9. The summed E-state index contributed by atoms with van der Waals surface area (Å²) in [6.45, 7) is 2.94. The minimum atomic E-state index is -0.0243. The quantitative estimate of drug-likeness (QED) is 0.831. The van der Waals surface area contributed by atoms with Crippen LogP contribution in [0.2, 0.25) is 0 Å². The fourth-order valence-corrected chi connectivity index (χ4v) is 3.79. The number of halogens is 2. The zero-order valence-corrected chi connectivity index (χ0v) is 16.7. The van der Waals surface area contributed by atoms with Crippen LogP contribution in [0.15, 0.2) is 23.6 Å². The van der Waals surface area contributed by atoms with E-state index in [2.05, 4.69) is 10.3 Å². The molecule has 1 amide bonds. The number of fused-ring (bicyclic) bond motifs is 1. The fourth-order valence-electron chi connectivity index (χ4n) is 3.00. The Labute approximate surface area is 168 Å². The highest BCUT2D eigenvalue weighted by Gasteiger charge is 2.25. The van der Waals surface area contributed by atoms with Gasteiger partial charge >= 0.3 is 0 Å². The Balaban J connectivity index is 0.00000121. The minimum absolute atomic E-state index is 0. The lowest BCUT2D eigenvalue weighted by atomic mass is 10.2. The van der Waals surface area contributed by atoms with Gasteiger partial charge in [0, 0.05) is 30.6 Å². The molecule has 9 heteroatoms. The van der Waals surface area contributed by atoms with Gasteiger partial charge in [-0.2, -0.15) is 0 Å². The average molecular weight is 418 g/mol. The van der Waals surface area contributed by atoms with Gasteiger partial charge in [-0.25, -0.2) is 4.98 Å². The van der Waals surface area contributed by atoms with Gasteiger partial charge in [-0.1, -0.05) is 0 Å². The summed E-state index contributed by atoms with van der Waals surface area (Å²) in [6.07, 6.45) is 0.987. The second-order valence-electron chi connectivity index (χ2n) is 5.96. The first-order valence-electron chi connectivity index (χ1n) is 8.06. The molecule has 4 rings (SSSR count). The summed E-state index contributed by atoms with van der Waals surface area (Å²) in [5.41, 5.74) is 1.44. The summed E-state index contributed by atoms with van der Waals surface area (Å²) >= 11 is 1.47. The number of aromatic nitrogens is 1. The largest absolute Gasteiger partial charge is 0.486 e. The molecular formula is C17H21Cl2N3O3S. The van der Waals surface area contributed by atoms with Crippen molar-refractivity contribution in [3.8, 4) is 22.1 Å². The molecule has 26 heavy (non-hydrogen) atoms. The van der Waals surface area contributed by atoms with E-state index in [0.29, 0.717) is 18.9 Å². The predicted octanol–water partition coefficient (Wildman–Crippen LogP) is 2.86. The maximum Gasteiger partial charge on any atom is 0.273 e. The highest BCUT2D eigenvalue weighted by Crippen LogP contribution is 2.35. The number of amides is 1. The normalized spacial score (nSPS) is 17.8. The van der Waals surface area contributed by atoms with Crippen molar-refractivity contribution in [3.05, 3.63) is 29.3 Å². The monoisotopic (exact) mass is 417 g/mol. The molecule has 0 radical (unpaired) electrons. The number of hydrogen-bond acceptors (Lipinski definition) is 6. The molecule has 0 aliphatic carbocycles. The van der Waals surface area contributed by atoms with Crippen molar-refractivity contribution in [1.82, 2.24) is 15.2 Å². The highest BCUT2D eigenvalue weighted by molar-refractivity contribution is 7.13. The van der Waals surface area contributed by atoms with Crippen molar-refractivity contribution < 1.29 is 14.3 Å². The van der Waals surface area contributed by atoms with Crippen molar-refractivity contribution in [2.45, 2.75) is 12.5 Å². The molecule has 1 atom stereocenters. The summed E-state index contributed by atoms with van der Waals surface area (Å²) in [5.74, 6) is 1.46. The maximum atomic E-state index is 12.6. The Hall–Kier alpha value is -1.54. The van der Waals surface area contributed by atoms with Crippen LogP contribution in [0.3, 0.4) is 0 Å². The number of carbonyl (C=O) groups is 1. The lowest BCUT2D eigenvalue weighted by molar-refractivity contribution is 0.0739. The van der Waals surface area contributed by atoms with E-state index in [9.17, 15) is 4.79 Å². The van der Waals surface area contributed by atoms with E-state index >= 15 is 0 Å². The molecule has 1 saturated heterocycles. The van der Waals surface area contributed by atoms with Gasteiger partial charge in [0.1, 0.15) is 23.9 Å². The molecular weight excluding hydrogens is 397 g/mol. The highest BCUT2D eigenvalue weighted by atomic mass is 35.5. The molecule has 0 spiro atoms. The number of rotatable bonds is 3. The number of likely N-dealkylation sites (N-methyl/N-ethyl adjacent to an activating group) is 1. The molecule has 6 nitrogen and oxygen atoms in total. The van der Waals surface area contributed by atoms with E-state index in [1.807, 2.05) is 30.6 Å². The van der Waals surface area contributed by atoms with Crippen LogP contribution in [0.25, 0.3) is 10.6 Å². The first-order chi connectivity index (χ1) is 11.7. The van der Waals surface area contributed by atoms with E-state index in [1.54, 1.807) is 4.90 Å². The maximum absolute atomic E-state index is 12.6. The molecule has 2 aliphatic heterocycles. The molecule has 1 aromatic heterocycles. The molecule has 0 saturated carbocycles. The topological polar surface area (TPSA) is 63.7 Å². The number of thiazole rings is 1. The molecule has 1 aromatic carbocycles. The first kappa shape index (κ1) is 20.8. The van der Waals surface area contributed by atoms with Crippen molar-refractivity contribution in [3.63, 3.8) is 0 Å². The van der Waals surface area contributed by atoms with Crippen LogP contribution in [-0.2, 0) is 0 Å². The van der Waals surface area contributed by atoms with Gasteiger partial charge in [-0.05, 0) is 31.2 Å². The summed E-state index contributed by atoms with van der Waals surface area (Å²) < 4.78 is 11.2. The van der Waals surface area contributed by atoms with Crippen molar-refractivity contribution in [1.29, 1.82) is 0 Å². The van der Waals surface area contributed by atoms with Gasteiger partial charge in [0.15, 0.2) is 11.5 Å². The number of nitrogens with one attached hydrogen (secondary N) is 1. The number of nitrogens with zero attached hydrogens (tertiary/aromatic N) is 2. The average Bonchev–Trinajstić information content (AvgIpc) is 3.31. The molecule has 1 fully saturated rings. The first-order valence-corrected chi connectivity index (χ1v) is 8.94. The second-order valence-corrected chi connectivity index (χ2v) is 6.82. The third-order valence-corrected chi connectivity index (χ3v) is 5.31. The Bertz CT molecular complexity index is 765. The van der Waals surface area contributed by atoms with Crippen LogP contribution in [0, 0.1) is 0 Å². The Morgan fingerprint density at radius 3 is 2.77 bits per heavy atom. The van der Waals surface area contributed by atoms with E-state index in [0.717, 1.165) is 41.6 Å². The van der Waals surface area contributed by atoms with Crippen LogP contribution in [0.4, 0.5) is 0 Å². The molecule has 1 unspecified atom stereocenters. The van der Waals surface area contributed by atoms with E-state index in [1.165, 1.54) is 11.3 Å². The van der Waals surface area contributed by atoms with Crippen molar-refractivity contribution in [2.75, 3.05) is 33.4 Å². The van der Waals surface area contributed by atoms with Crippen LogP contribution in [0.1, 0.15) is 16.9 Å². The zero-order chi connectivity index (χ0) is 16.5. The van der Waals surface area contributed by atoms with Gasteiger partial charge in [-0.15, -0.1) is 36.2 Å². The summed E-state index contributed by atoms with van der Waals surface area (Å²) in [7, 11) is 1.85. The van der Waals surface area contributed by atoms with Crippen molar-refractivity contribution >= 4 is 42.1 Å². The van der Waals surface area contributed by atoms with E-state index in [-0.39, 0.29) is 36.8 Å². The smallest absolute Gasteiger partial charge is 0.273 e. The number of carbonyl (C=O) groups excluding carboxylic acids is 1. The summed E-state index contributed by atoms with van der Waals surface area (Å²) in [5, 5.41) is 5.92. The number of benzene rings is 1. The van der Waals surface area contributed by atoms with E-state index < -0.39 is 0 Å². The molecule has 3 heterocycles. The number of hydrogen-bond donors (Lipinski definition) is 1. The molecule has 1 N–H and O–H groups in total. The van der Waals surface area contributed by atoms with Gasteiger partial charge in [0.25, 0.3) is 5.91 Å². The van der Waals surface area contributed by atoms with Gasteiger partial charge in [0.05, 0.1) is 0 Å². The fraction of sp³-hybridized carbons (Fsp3) is 0.412. The second kappa shape index (κ2) is 8.90. The van der Waals surface area contributed by atoms with Gasteiger partial charge in [-0.3, -0.25) is 4.79 Å². The number of ether oxygens (including phenoxy) is 2. The van der Waals surface area contributed by atoms with Gasteiger partial charge < -0.3 is 19.7 Å². The molecule has 0 bridgehead atoms. The summed E-state index contributed by atoms with van der Waals surface area (Å²) in [6, 6.07) is 6.01. The molecule has 2 aliphatic rings. The molecule has 2 aromatic rings. The van der Waals surface area contributed by atoms with Gasteiger partial charge in [0.2, 0.25) is 0 Å². The third-order valence-electron chi connectivity index (χ3n) is 4.41. The van der Waals surface area contributed by atoms with Crippen LogP contribution < -0.4 is 14.8 Å². The molecule has 142 valence electrons. The van der Waals surface area contributed by atoms with Crippen molar-refractivity contribution in [2.24, 2.45) is 0 Å². The predicted molar refractivity (Wildman–Crippen MR) is 106 cm³/mol. The standard InChI is InChI=1S/C17H19N3O3S.2ClH/c1-20(12-4-5-18-9-12)17(21)13-10-24-16(19-13)11-2-3-14-15(8-11)23-7-6-22-14;;/h2-3,8,10,12,18H,4-7,9H2,1H3;2*1H. The Morgan fingerprint density at radius 1 is 1.27 bits per heavy atom. The minimum Gasteiger partial charge on any atom is -0.486 e. The third kappa shape index (κ3) is 4.06. The zero-order valence-electron chi connectivity index (χ0n) is 14.3. The lowest BCUT2D eigenvalue weighted by Gasteiger charge is -2.22. The Kier molecular flexibility index (Phi) is 7.11. The Morgan fingerprint density at radius 2 is 2.04 bits per heavy atom. The van der Waals surface area contributed by atoms with E-state index in [4.69, 9.17) is 9.47 Å². The van der Waals surface area contributed by atoms with Crippen LogP contribution in [-0.4, -0.2) is 55.2 Å². The van der Waals surface area contributed by atoms with Crippen LogP contribution >= 0.6 is 36.2 Å². The SMILES string of the molecule is CN(C(=O)c1csc(-c2ccc3c(c2)OCCO3)n1)C1CCNC1.Cl.Cl.